The SMILES string of the molecule is Cc1cc(Cl)cc(CN2CCC(CN3C(=O)c4cc(Cl)c(Cl)cc4C3=O)NC(CCN3CCCCC3)C2=O)c1. The molecule has 39 heavy (non-hydrogen) atoms. The van der Waals surface area contributed by atoms with Crippen molar-refractivity contribution in [3.05, 3.63) is 67.7 Å². The minimum absolute atomic E-state index is 0.0352. The van der Waals surface area contributed by atoms with Gasteiger partial charge in [0.2, 0.25) is 5.91 Å². The van der Waals surface area contributed by atoms with Crippen molar-refractivity contribution in [2.75, 3.05) is 32.7 Å². The summed E-state index contributed by atoms with van der Waals surface area (Å²) in [6.45, 7) is 6.04. The summed E-state index contributed by atoms with van der Waals surface area (Å²) in [6.07, 6.45) is 4.88. The minimum Gasteiger partial charge on any atom is -0.337 e. The Hall–Kier alpha value is -2.16. The Morgan fingerprint density at radius 1 is 0.872 bits per heavy atom. The zero-order valence-electron chi connectivity index (χ0n) is 22.0. The summed E-state index contributed by atoms with van der Waals surface area (Å²) in [5.41, 5.74) is 2.55. The average molecular weight is 592 g/mol. The van der Waals surface area contributed by atoms with Crippen LogP contribution in [0.3, 0.4) is 0 Å². The molecule has 2 aromatic carbocycles. The van der Waals surface area contributed by atoms with Gasteiger partial charge < -0.3 is 15.1 Å². The molecule has 0 aromatic heterocycles. The Morgan fingerprint density at radius 2 is 1.54 bits per heavy atom. The summed E-state index contributed by atoms with van der Waals surface area (Å²) in [5.74, 6) is -0.739. The summed E-state index contributed by atoms with van der Waals surface area (Å²) in [5, 5.41) is 4.64. The second kappa shape index (κ2) is 12.1. The Kier molecular flexibility index (Phi) is 8.84. The molecular formula is C29H33Cl3N4O3. The number of fused-ring (bicyclic) bond motifs is 1. The topological polar surface area (TPSA) is 73.0 Å². The van der Waals surface area contributed by atoms with E-state index in [-0.39, 0.29) is 51.5 Å². The zero-order chi connectivity index (χ0) is 27.7. The first-order valence-corrected chi connectivity index (χ1v) is 14.7. The number of aryl methyl sites for hydroxylation is 1. The number of imide groups is 1. The second-order valence-corrected chi connectivity index (χ2v) is 12.1. The Morgan fingerprint density at radius 3 is 2.18 bits per heavy atom. The molecule has 0 radical (unpaired) electrons. The number of benzene rings is 2. The molecule has 10 heteroatoms. The fourth-order valence-electron chi connectivity index (χ4n) is 5.88. The molecule has 208 valence electrons. The number of carbonyl (C=O) groups excluding carboxylic acids is 3. The van der Waals surface area contributed by atoms with E-state index in [9.17, 15) is 14.4 Å². The largest absolute Gasteiger partial charge is 0.337 e. The lowest BCUT2D eigenvalue weighted by atomic mass is 10.1. The van der Waals surface area contributed by atoms with Gasteiger partial charge in [-0.05, 0) is 81.1 Å². The fraction of sp³-hybridized carbons (Fsp3) is 0.483. The molecular weight excluding hydrogens is 559 g/mol. The van der Waals surface area contributed by atoms with Crippen LogP contribution in [0.4, 0.5) is 0 Å². The monoisotopic (exact) mass is 590 g/mol. The molecule has 7 nitrogen and oxygen atoms in total. The number of nitrogens with zero attached hydrogens (tertiary/aromatic N) is 3. The molecule has 0 aliphatic carbocycles. The molecule has 3 heterocycles. The van der Waals surface area contributed by atoms with Crippen molar-refractivity contribution in [1.29, 1.82) is 0 Å². The first-order chi connectivity index (χ1) is 18.7. The quantitative estimate of drug-likeness (QED) is 0.449. The highest BCUT2D eigenvalue weighted by molar-refractivity contribution is 6.43. The zero-order valence-corrected chi connectivity index (χ0v) is 24.3. The van der Waals surface area contributed by atoms with E-state index in [1.807, 2.05) is 30.0 Å². The Balaban J connectivity index is 1.34. The second-order valence-electron chi connectivity index (χ2n) is 10.8. The Labute approximate surface area is 244 Å². The van der Waals surface area contributed by atoms with E-state index < -0.39 is 6.04 Å². The Bertz CT molecular complexity index is 1220. The lowest BCUT2D eigenvalue weighted by molar-refractivity contribution is -0.133. The van der Waals surface area contributed by atoms with Gasteiger partial charge in [0.1, 0.15) is 0 Å². The van der Waals surface area contributed by atoms with Crippen molar-refractivity contribution in [3.8, 4) is 0 Å². The molecule has 2 unspecified atom stereocenters. The first-order valence-electron chi connectivity index (χ1n) is 13.6. The maximum Gasteiger partial charge on any atom is 0.261 e. The van der Waals surface area contributed by atoms with Crippen molar-refractivity contribution in [2.24, 2.45) is 0 Å². The van der Waals surface area contributed by atoms with Crippen molar-refractivity contribution in [2.45, 2.75) is 57.7 Å². The maximum atomic E-state index is 13.8. The number of hydrogen-bond acceptors (Lipinski definition) is 5. The molecule has 3 aliphatic rings. The van der Waals surface area contributed by atoms with E-state index in [0.717, 1.165) is 30.8 Å². The predicted octanol–water partition coefficient (Wildman–Crippen LogP) is 5.19. The highest BCUT2D eigenvalue weighted by Gasteiger charge is 2.39. The molecule has 2 atom stereocenters. The van der Waals surface area contributed by atoms with Gasteiger partial charge in [-0.1, -0.05) is 47.3 Å². The third-order valence-corrected chi connectivity index (χ3v) is 8.81. The highest BCUT2D eigenvalue weighted by Crippen LogP contribution is 2.32. The van der Waals surface area contributed by atoms with E-state index in [0.29, 0.717) is 31.0 Å². The third kappa shape index (κ3) is 6.44. The number of nitrogens with one attached hydrogen (secondary N) is 1. The molecule has 0 bridgehead atoms. The first kappa shape index (κ1) is 28.4. The van der Waals surface area contributed by atoms with Crippen molar-refractivity contribution >= 4 is 52.5 Å². The van der Waals surface area contributed by atoms with Crippen LogP contribution in [0.25, 0.3) is 0 Å². The summed E-state index contributed by atoms with van der Waals surface area (Å²) in [6, 6.07) is 8.11. The van der Waals surface area contributed by atoms with Crippen LogP contribution in [-0.2, 0) is 11.3 Å². The third-order valence-electron chi connectivity index (χ3n) is 7.87. The van der Waals surface area contributed by atoms with E-state index >= 15 is 0 Å². The van der Waals surface area contributed by atoms with Crippen molar-refractivity contribution < 1.29 is 14.4 Å². The maximum absolute atomic E-state index is 13.8. The number of piperidine rings is 1. The number of halogens is 3. The standard InChI is InChI=1S/C29H33Cl3N4O3/c1-18-11-19(13-20(30)12-18)16-35-10-5-21(33-26(29(35)39)6-9-34-7-3-2-4-8-34)17-36-27(37)22-14-24(31)25(32)15-23(22)28(36)38/h11-15,21,26,33H,2-10,16-17H2,1H3. The summed E-state index contributed by atoms with van der Waals surface area (Å²) in [7, 11) is 0. The van der Waals surface area contributed by atoms with Gasteiger partial charge in [0, 0.05) is 37.2 Å². The lowest BCUT2D eigenvalue weighted by Gasteiger charge is -2.30. The van der Waals surface area contributed by atoms with Gasteiger partial charge in [-0.2, -0.15) is 0 Å². The van der Waals surface area contributed by atoms with E-state index in [1.54, 1.807) is 0 Å². The number of amides is 3. The molecule has 0 saturated carbocycles. The van der Waals surface area contributed by atoms with Crippen LogP contribution in [-0.4, -0.2) is 77.2 Å². The van der Waals surface area contributed by atoms with Crippen LogP contribution in [0, 0.1) is 6.92 Å². The van der Waals surface area contributed by atoms with Crippen LogP contribution in [0.5, 0.6) is 0 Å². The molecule has 3 aliphatic heterocycles. The van der Waals surface area contributed by atoms with Crippen LogP contribution < -0.4 is 5.32 Å². The van der Waals surface area contributed by atoms with Gasteiger partial charge in [-0.3, -0.25) is 19.3 Å². The molecule has 5 rings (SSSR count). The minimum atomic E-state index is -0.418. The van der Waals surface area contributed by atoms with Gasteiger partial charge >= 0.3 is 0 Å². The number of carbonyl (C=O) groups is 3. The average Bonchev–Trinajstić information content (AvgIpc) is 3.02. The van der Waals surface area contributed by atoms with Crippen molar-refractivity contribution in [1.82, 2.24) is 20.0 Å². The van der Waals surface area contributed by atoms with Gasteiger partial charge in [-0.25, -0.2) is 0 Å². The van der Waals surface area contributed by atoms with E-state index in [2.05, 4.69) is 10.2 Å². The van der Waals surface area contributed by atoms with Gasteiger partial charge in [-0.15, -0.1) is 0 Å². The van der Waals surface area contributed by atoms with E-state index in [4.69, 9.17) is 34.8 Å². The summed E-state index contributed by atoms with van der Waals surface area (Å²) < 4.78 is 0. The molecule has 2 saturated heterocycles. The molecule has 2 aromatic rings. The van der Waals surface area contributed by atoms with Gasteiger partial charge in [0.15, 0.2) is 0 Å². The normalized spacial score (nSPS) is 22.4. The number of likely N-dealkylation sites (tertiary alicyclic amines) is 1. The summed E-state index contributed by atoms with van der Waals surface area (Å²) >= 11 is 18.5. The highest BCUT2D eigenvalue weighted by atomic mass is 35.5. The summed E-state index contributed by atoms with van der Waals surface area (Å²) in [4.78, 5) is 45.6. The molecule has 1 N–H and O–H groups in total. The van der Waals surface area contributed by atoms with Crippen LogP contribution >= 0.6 is 34.8 Å². The molecule has 3 amide bonds. The van der Waals surface area contributed by atoms with E-state index in [1.165, 1.54) is 36.3 Å². The van der Waals surface area contributed by atoms with Crippen LogP contribution in [0.1, 0.15) is 63.9 Å². The fourth-order valence-corrected chi connectivity index (χ4v) is 6.52. The van der Waals surface area contributed by atoms with Crippen LogP contribution in [0.2, 0.25) is 15.1 Å². The van der Waals surface area contributed by atoms with Gasteiger partial charge in [0.05, 0.1) is 27.2 Å². The smallest absolute Gasteiger partial charge is 0.261 e. The predicted molar refractivity (Wildman–Crippen MR) is 154 cm³/mol. The van der Waals surface area contributed by atoms with Gasteiger partial charge in [0.25, 0.3) is 11.8 Å². The number of hydrogen-bond donors (Lipinski definition) is 1. The van der Waals surface area contributed by atoms with Crippen LogP contribution in [0.15, 0.2) is 30.3 Å². The molecule has 2 fully saturated rings. The number of rotatable bonds is 7. The lowest BCUT2D eigenvalue weighted by Crippen LogP contribution is -2.50. The van der Waals surface area contributed by atoms with Crippen molar-refractivity contribution in [3.63, 3.8) is 0 Å². The molecule has 0 spiro atoms.